The first-order valence-electron chi connectivity index (χ1n) is 7.15. The monoisotopic (exact) mass is 291 g/mol. The van der Waals surface area contributed by atoms with Crippen LogP contribution >= 0.6 is 11.6 Å². The minimum atomic E-state index is 0.0934. The lowest BCUT2D eigenvalue weighted by atomic mass is 9.92. The second kappa shape index (κ2) is 5.98. The summed E-state index contributed by atoms with van der Waals surface area (Å²) in [5.41, 5.74) is 0.722. The number of hydrogen-bond acceptors (Lipinski definition) is 3. The largest absolute Gasteiger partial charge is 0.453 e. The highest BCUT2D eigenvalue weighted by atomic mass is 35.5. The summed E-state index contributed by atoms with van der Waals surface area (Å²) in [6.07, 6.45) is 3.86. The van der Waals surface area contributed by atoms with Crippen molar-refractivity contribution in [2.24, 2.45) is 5.92 Å². The van der Waals surface area contributed by atoms with Crippen LogP contribution in [0.3, 0.4) is 0 Å². The third kappa shape index (κ3) is 3.05. The van der Waals surface area contributed by atoms with Crippen molar-refractivity contribution < 1.29 is 9.21 Å². The minimum Gasteiger partial charge on any atom is -0.453 e. The van der Waals surface area contributed by atoms with Crippen LogP contribution in [0.2, 0.25) is 5.02 Å². The molecule has 3 nitrogen and oxygen atoms in total. The Bertz CT molecular complexity index is 614. The van der Waals surface area contributed by atoms with Crippen molar-refractivity contribution in [1.82, 2.24) is 5.32 Å². The van der Waals surface area contributed by atoms with E-state index in [0.29, 0.717) is 23.1 Å². The van der Waals surface area contributed by atoms with Crippen molar-refractivity contribution in [2.45, 2.75) is 25.7 Å². The maximum atomic E-state index is 12.2. The summed E-state index contributed by atoms with van der Waals surface area (Å²) in [6.45, 7) is 2.14. The highest BCUT2D eigenvalue weighted by molar-refractivity contribution is 6.31. The Hall–Kier alpha value is -1.32. The Labute approximate surface area is 123 Å². The summed E-state index contributed by atoms with van der Waals surface area (Å²) in [7, 11) is 0. The van der Waals surface area contributed by atoms with E-state index in [1.165, 1.54) is 12.8 Å². The van der Waals surface area contributed by atoms with Gasteiger partial charge in [-0.25, -0.2) is 0 Å². The molecule has 3 rings (SSSR count). The molecular weight excluding hydrogens is 274 g/mol. The first kappa shape index (κ1) is 13.7. The maximum absolute atomic E-state index is 12.2. The number of furan rings is 1. The van der Waals surface area contributed by atoms with Crippen LogP contribution in [0.25, 0.3) is 11.0 Å². The molecule has 1 aromatic heterocycles. The third-order valence-corrected chi connectivity index (χ3v) is 4.23. The smallest absolute Gasteiger partial charge is 0.198 e. The van der Waals surface area contributed by atoms with Crippen LogP contribution in [0.5, 0.6) is 0 Å². The topological polar surface area (TPSA) is 42.2 Å². The molecule has 1 aliphatic rings. The fourth-order valence-electron chi connectivity index (χ4n) is 2.78. The number of carbonyl (C=O) groups excluding carboxylic acids is 1. The van der Waals surface area contributed by atoms with Crippen molar-refractivity contribution in [3.05, 3.63) is 35.0 Å². The summed E-state index contributed by atoms with van der Waals surface area (Å²) in [4.78, 5) is 12.2. The maximum Gasteiger partial charge on any atom is 0.198 e. The molecule has 1 N–H and O–H groups in total. The van der Waals surface area contributed by atoms with Gasteiger partial charge in [-0.15, -0.1) is 0 Å². The lowest BCUT2D eigenvalue weighted by Gasteiger charge is -2.21. The van der Waals surface area contributed by atoms with Gasteiger partial charge in [0.2, 0.25) is 0 Å². The summed E-state index contributed by atoms with van der Waals surface area (Å²) in [5, 5.41) is 4.89. The summed E-state index contributed by atoms with van der Waals surface area (Å²) >= 11 is 5.94. The van der Waals surface area contributed by atoms with Gasteiger partial charge in [0.05, 0.1) is 0 Å². The zero-order valence-electron chi connectivity index (χ0n) is 11.3. The van der Waals surface area contributed by atoms with Gasteiger partial charge in [0.25, 0.3) is 0 Å². The molecule has 1 aromatic carbocycles. The quantitative estimate of drug-likeness (QED) is 0.864. The van der Waals surface area contributed by atoms with Crippen LogP contribution in [0.1, 0.15) is 36.2 Å². The van der Waals surface area contributed by atoms with Crippen LogP contribution in [0, 0.1) is 5.92 Å². The molecule has 0 saturated carbocycles. The van der Waals surface area contributed by atoms with Crippen molar-refractivity contribution in [3.63, 3.8) is 0 Å². The Kier molecular flexibility index (Phi) is 4.08. The predicted molar refractivity (Wildman–Crippen MR) is 80.4 cm³/mol. The van der Waals surface area contributed by atoms with Crippen molar-refractivity contribution in [3.8, 4) is 0 Å². The number of ketones is 1. The van der Waals surface area contributed by atoms with Crippen LogP contribution in [0.15, 0.2) is 28.7 Å². The fraction of sp³-hybridized carbons (Fsp3) is 0.438. The second-order valence-electron chi connectivity index (χ2n) is 5.45. The zero-order chi connectivity index (χ0) is 13.9. The normalized spacial score (nSPS) is 16.6. The fourth-order valence-corrected chi connectivity index (χ4v) is 2.96. The van der Waals surface area contributed by atoms with Crippen LogP contribution in [-0.4, -0.2) is 18.9 Å². The molecule has 0 spiro atoms. The highest BCUT2D eigenvalue weighted by Crippen LogP contribution is 2.25. The predicted octanol–water partition coefficient (Wildman–Crippen LogP) is 4.05. The van der Waals surface area contributed by atoms with E-state index in [-0.39, 0.29) is 5.78 Å². The zero-order valence-corrected chi connectivity index (χ0v) is 12.1. The molecule has 0 atom stereocenters. The first-order chi connectivity index (χ1) is 9.72. The van der Waals surface area contributed by atoms with E-state index >= 15 is 0 Å². The molecule has 0 aliphatic carbocycles. The molecule has 0 bridgehead atoms. The van der Waals surface area contributed by atoms with E-state index in [0.717, 1.165) is 30.5 Å². The van der Waals surface area contributed by atoms with Crippen molar-refractivity contribution in [2.75, 3.05) is 13.1 Å². The van der Waals surface area contributed by atoms with Gasteiger partial charge >= 0.3 is 0 Å². The minimum absolute atomic E-state index is 0.0934. The lowest BCUT2D eigenvalue weighted by molar-refractivity contribution is 0.0946. The van der Waals surface area contributed by atoms with E-state index in [9.17, 15) is 4.79 Å². The van der Waals surface area contributed by atoms with Crippen molar-refractivity contribution in [1.29, 1.82) is 0 Å². The first-order valence-corrected chi connectivity index (χ1v) is 7.53. The van der Waals surface area contributed by atoms with Gasteiger partial charge in [-0.1, -0.05) is 11.6 Å². The molecule has 0 amide bonds. The SMILES string of the molecule is O=C(CCC1CCNCC1)c1cc2cc(Cl)ccc2o1. The molecule has 4 heteroatoms. The van der Waals surface area contributed by atoms with Gasteiger partial charge < -0.3 is 9.73 Å². The molecular formula is C16H18ClNO2. The van der Waals surface area contributed by atoms with E-state index in [4.69, 9.17) is 16.0 Å². The van der Waals surface area contributed by atoms with E-state index < -0.39 is 0 Å². The molecule has 20 heavy (non-hydrogen) atoms. The van der Waals surface area contributed by atoms with Gasteiger partial charge in [0, 0.05) is 16.8 Å². The van der Waals surface area contributed by atoms with E-state index in [2.05, 4.69) is 5.32 Å². The van der Waals surface area contributed by atoms with Gasteiger partial charge in [0.15, 0.2) is 11.5 Å². The average Bonchev–Trinajstić information content (AvgIpc) is 2.89. The van der Waals surface area contributed by atoms with Crippen LogP contribution < -0.4 is 5.32 Å². The number of piperidine rings is 1. The van der Waals surface area contributed by atoms with E-state index in [1.54, 1.807) is 18.2 Å². The standard InChI is InChI=1S/C16H18ClNO2/c17-13-2-4-15-12(9-13)10-16(20-15)14(19)3-1-11-5-7-18-8-6-11/h2,4,9-11,18H,1,3,5-8H2. The molecule has 0 unspecified atom stereocenters. The molecule has 1 aliphatic heterocycles. The summed E-state index contributed by atoms with van der Waals surface area (Å²) in [5.74, 6) is 1.21. The molecule has 2 heterocycles. The molecule has 2 aromatic rings. The van der Waals surface area contributed by atoms with Gasteiger partial charge in [-0.2, -0.15) is 0 Å². The Morgan fingerprint density at radius 1 is 1.30 bits per heavy atom. The number of carbonyl (C=O) groups is 1. The second-order valence-corrected chi connectivity index (χ2v) is 5.88. The Morgan fingerprint density at radius 3 is 2.90 bits per heavy atom. The molecule has 0 radical (unpaired) electrons. The molecule has 1 saturated heterocycles. The number of benzene rings is 1. The number of Topliss-reactive ketones (excluding diaryl/α,β-unsaturated/α-hetero) is 1. The number of hydrogen-bond donors (Lipinski definition) is 1. The van der Waals surface area contributed by atoms with Gasteiger partial charge in [0.1, 0.15) is 5.58 Å². The number of halogens is 1. The number of rotatable bonds is 4. The number of fused-ring (bicyclic) bond motifs is 1. The Balaban J connectivity index is 1.65. The average molecular weight is 292 g/mol. The number of nitrogens with one attached hydrogen (secondary N) is 1. The van der Waals surface area contributed by atoms with E-state index in [1.807, 2.05) is 6.07 Å². The Morgan fingerprint density at radius 2 is 2.10 bits per heavy atom. The van der Waals surface area contributed by atoms with Gasteiger partial charge in [-0.3, -0.25) is 4.79 Å². The summed E-state index contributed by atoms with van der Waals surface area (Å²) in [6, 6.07) is 7.20. The van der Waals surface area contributed by atoms with Crippen LogP contribution in [-0.2, 0) is 0 Å². The molecule has 106 valence electrons. The van der Waals surface area contributed by atoms with Crippen molar-refractivity contribution >= 4 is 28.4 Å². The molecule has 1 fully saturated rings. The lowest BCUT2D eigenvalue weighted by Crippen LogP contribution is -2.27. The highest BCUT2D eigenvalue weighted by Gasteiger charge is 2.17. The summed E-state index contributed by atoms with van der Waals surface area (Å²) < 4.78 is 5.60. The van der Waals surface area contributed by atoms with Gasteiger partial charge in [-0.05, 0) is 62.5 Å². The van der Waals surface area contributed by atoms with Crippen LogP contribution in [0.4, 0.5) is 0 Å². The third-order valence-electron chi connectivity index (χ3n) is 3.99.